The molecule has 2 aromatic carbocycles. The molecule has 33 heavy (non-hydrogen) atoms. The van der Waals surface area contributed by atoms with Gasteiger partial charge in [0.2, 0.25) is 11.8 Å². The van der Waals surface area contributed by atoms with Gasteiger partial charge >= 0.3 is 0 Å². The molecule has 0 aliphatic carbocycles. The lowest BCUT2D eigenvalue weighted by molar-refractivity contribution is -0.140. The monoisotopic (exact) mass is 456 g/mol. The lowest BCUT2D eigenvalue weighted by Crippen LogP contribution is -2.48. The summed E-state index contributed by atoms with van der Waals surface area (Å²) in [4.78, 5) is 27.8. The number of nitrogens with zero attached hydrogens (tertiary/aromatic N) is 1. The van der Waals surface area contributed by atoms with Gasteiger partial charge in [0.15, 0.2) is 11.5 Å². The van der Waals surface area contributed by atoms with E-state index in [0.29, 0.717) is 30.5 Å². The molecule has 7 nitrogen and oxygen atoms in total. The van der Waals surface area contributed by atoms with Gasteiger partial charge in [-0.05, 0) is 54.7 Å². The van der Waals surface area contributed by atoms with Crippen molar-refractivity contribution in [3.05, 3.63) is 53.6 Å². The molecule has 180 valence electrons. The second-order valence-electron chi connectivity index (χ2n) is 8.39. The van der Waals surface area contributed by atoms with Crippen LogP contribution in [0.3, 0.4) is 0 Å². The first-order valence-corrected chi connectivity index (χ1v) is 11.2. The van der Waals surface area contributed by atoms with Crippen molar-refractivity contribution in [2.45, 2.75) is 46.2 Å². The van der Waals surface area contributed by atoms with Gasteiger partial charge in [0.05, 0.1) is 27.8 Å². The predicted molar refractivity (Wildman–Crippen MR) is 129 cm³/mol. The first-order chi connectivity index (χ1) is 15.8. The Labute approximate surface area is 197 Å². The zero-order valence-corrected chi connectivity index (χ0v) is 20.5. The summed E-state index contributed by atoms with van der Waals surface area (Å²) in [5.74, 6) is 2.07. The first-order valence-electron chi connectivity index (χ1n) is 11.2. The van der Waals surface area contributed by atoms with Crippen molar-refractivity contribution in [2.75, 3.05) is 27.9 Å². The lowest BCUT2D eigenvalue weighted by Gasteiger charge is -2.29. The lowest BCUT2D eigenvalue weighted by atomic mass is 10.1. The summed E-state index contributed by atoms with van der Waals surface area (Å²) < 4.78 is 15.9. The molecule has 0 aromatic heterocycles. The molecule has 2 rings (SSSR count). The van der Waals surface area contributed by atoms with Crippen LogP contribution < -0.4 is 19.5 Å². The number of rotatable bonds is 12. The predicted octanol–water partition coefficient (Wildman–Crippen LogP) is 3.83. The van der Waals surface area contributed by atoms with E-state index < -0.39 is 6.04 Å². The maximum atomic E-state index is 13.4. The number of amides is 2. The van der Waals surface area contributed by atoms with Gasteiger partial charge in [-0.15, -0.1) is 0 Å². The van der Waals surface area contributed by atoms with Crippen molar-refractivity contribution in [3.8, 4) is 17.2 Å². The Balaban J connectivity index is 2.22. The topological polar surface area (TPSA) is 77.1 Å². The quantitative estimate of drug-likeness (QED) is 0.525. The zero-order valence-electron chi connectivity index (χ0n) is 20.5. The SMILES string of the molecule is COc1ccc(CN(C(=O)Cc2ccc(OC)c(OC)c2)C(C)C(=O)NCCC(C)C)cc1. The summed E-state index contributed by atoms with van der Waals surface area (Å²) in [6, 6.07) is 12.3. The molecule has 1 unspecified atom stereocenters. The van der Waals surface area contributed by atoms with Crippen LogP contribution >= 0.6 is 0 Å². The molecule has 0 spiro atoms. The highest BCUT2D eigenvalue weighted by Gasteiger charge is 2.26. The summed E-state index contributed by atoms with van der Waals surface area (Å²) in [5, 5.41) is 2.96. The van der Waals surface area contributed by atoms with Crippen molar-refractivity contribution in [3.63, 3.8) is 0 Å². The number of hydrogen-bond donors (Lipinski definition) is 1. The van der Waals surface area contributed by atoms with Gasteiger partial charge in [-0.2, -0.15) is 0 Å². The summed E-state index contributed by atoms with van der Waals surface area (Å²) in [6.45, 7) is 6.88. The van der Waals surface area contributed by atoms with Crippen LogP contribution in [0.25, 0.3) is 0 Å². The van der Waals surface area contributed by atoms with Crippen LogP contribution in [0.2, 0.25) is 0 Å². The fraction of sp³-hybridized carbons (Fsp3) is 0.462. The minimum Gasteiger partial charge on any atom is -0.497 e. The molecule has 0 saturated heterocycles. The van der Waals surface area contributed by atoms with Crippen LogP contribution in [0.1, 0.15) is 38.3 Å². The maximum Gasteiger partial charge on any atom is 0.242 e. The zero-order chi connectivity index (χ0) is 24.4. The highest BCUT2D eigenvalue weighted by atomic mass is 16.5. The molecule has 0 saturated carbocycles. The van der Waals surface area contributed by atoms with Crippen molar-refractivity contribution in [1.82, 2.24) is 10.2 Å². The van der Waals surface area contributed by atoms with Gasteiger partial charge in [0, 0.05) is 13.1 Å². The third-order valence-corrected chi connectivity index (χ3v) is 5.50. The molecule has 2 amide bonds. The van der Waals surface area contributed by atoms with E-state index in [-0.39, 0.29) is 18.2 Å². The van der Waals surface area contributed by atoms with Crippen LogP contribution in [0.4, 0.5) is 0 Å². The third kappa shape index (κ3) is 7.70. The van der Waals surface area contributed by atoms with Crippen LogP contribution in [-0.2, 0) is 22.6 Å². The number of carbonyl (C=O) groups excluding carboxylic acids is 2. The molecular weight excluding hydrogens is 420 g/mol. The van der Waals surface area contributed by atoms with E-state index >= 15 is 0 Å². The maximum absolute atomic E-state index is 13.4. The molecule has 0 radical (unpaired) electrons. The van der Waals surface area contributed by atoms with Gasteiger partial charge in [-0.25, -0.2) is 0 Å². The second kappa shape index (κ2) is 12.7. The molecule has 0 fully saturated rings. The number of ether oxygens (including phenoxy) is 3. The van der Waals surface area contributed by atoms with Gasteiger partial charge in [-0.1, -0.05) is 32.0 Å². The number of benzene rings is 2. The van der Waals surface area contributed by atoms with Gasteiger partial charge < -0.3 is 24.4 Å². The van der Waals surface area contributed by atoms with Gasteiger partial charge in [0.25, 0.3) is 0 Å². The van der Waals surface area contributed by atoms with E-state index in [0.717, 1.165) is 23.3 Å². The Morgan fingerprint density at radius 2 is 1.52 bits per heavy atom. The van der Waals surface area contributed by atoms with E-state index in [1.54, 1.807) is 45.3 Å². The van der Waals surface area contributed by atoms with Crippen molar-refractivity contribution < 1.29 is 23.8 Å². The molecule has 7 heteroatoms. The van der Waals surface area contributed by atoms with Gasteiger partial charge in [-0.3, -0.25) is 9.59 Å². The smallest absolute Gasteiger partial charge is 0.242 e. The summed E-state index contributed by atoms with van der Waals surface area (Å²) >= 11 is 0. The minimum atomic E-state index is -0.619. The molecule has 0 aliphatic rings. The summed E-state index contributed by atoms with van der Waals surface area (Å²) in [5.41, 5.74) is 1.70. The number of carbonyl (C=O) groups is 2. The molecule has 0 aliphatic heterocycles. The standard InChI is InChI=1S/C26H36N2O5/c1-18(2)13-14-27-26(30)19(3)28(17-20-7-10-22(31-4)11-8-20)25(29)16-21-9-12-23(32-5)24(15-21)33-6/h7-12,15,18-19H,13-14,16-17H2,1-6H3,(H,27,30). The summed E-state index contributed by atoms with van der Waals surface area (Å²) in [7, 11) is 4.74. The number of methoxy groups -OCH3 is 3. The van der Waals surface area contributed by atoms with E-state index in [1.807, 2.05) is 30.3 Å². The fourth-order valence-electron chi connectivity index (χ4n) is 3.41. The van der Waals surface area contributed by atoms with E-state index in [4.69, 9.17) is 14.2 Å². The molecular formula is C26H36N2O5. The van der Waals surface area contributed by atoms with E-state index in [1.165, 1.54) is 0 Å². The van der Waals surface area contributed by atoms with E-state index in [2.05, 4.69) is 19.2 Å². The molecule has 1 atom stereocenters. The number of hydrogen-bond acceptors (Lipinski definition) is 5. The largest absolute Gasteiger partial charge is 0.497 e. The Morgan fingerprint density at radius 3 is 2.09 bits per heavy atom. The normalized spacial score (nSPS) is 11.6. The Kier molecular flexibility index (Phi) is 10.0. The molecule has 1 N–H and O–H groups in total. The molecule has 0 heterocycles. The average Bonchev–Trinajstić information content (AvgIpc) is 2.81. The van der Waals surface area contributed by atoms with Crippen molar-refractivity contribution >= 4 is 11.8 Å². The Bertz CT molecular complexity index is 911. The summed E-state index contributed by atoms with van der Waals surface area (Å²) in [6.07, 6.45) is 1.02. The van der Waals surface area contributed by atoms with Crippen LogP contribution in [0.15, 0.2) is 42.5 Å². The highest BCUT2D eigenvalue weighted by molar-refractivity contribution is 5.88. The van der Waals surface area contributed by atoms with Crippen LogP contribution in [0.5, 0.6) is 17.2 Å². The van der Waals surface area contributed by atoms with Crippen LogP contribution in [-0.4, -0.2) is 50.6 Å². The van der Waals surface area contributed by atoms with Crippen molar-refractivity contribution in [2.24, 2.45) is 5.92 Å². The number of nitrogens with one attached hydrogen (secondary N) is 1. The second-order valence-corrected chi connectivity index (χ2v) is 8.39. The van der Waals surface area contributed by atoms with Crippen molar-refractivity contribution in [1.29, 1.82) is 0 Å². The fourth-order valence-corrected chi connectivity index (χ4v) is 3.41. The van der Waals surface area contributed by atoms with E-state index in [9.17, 15) is 9.59 Å². The Hall–Kier alpha value is -3.22. The first kappa shape index (κ1) is 26.0. The minimum absolute atomic E-state index is 0.139. The Morgan fingerprint density at radius 1 is 0.879 bits per heavy atom. The average molecular weight is 457 g/mol. The highest BCUT2D eigenvalue weighted by Crippen LogP contribution is 2.28. The molecule has 2 aromatic rings. The van der Waals surface area contributed by atoms with Crippen LogP contribution in [0, 0.1) is 5.92 Å². The molecule has 0 bridgehead atoms. The third-order valence-electron chi connectivity index (χ3n) is 5.50. The van der Waals surface area contributed by atoms with Gasteiger partial charge in [0.1, 0.15) is 11.8 Å².